The second-order valence-corrected chi connectivity index (χ2v) is 5.83. The zero-order valence-electron chi connectivity index (χ0n) is 11.8. The van der Waals surface area contributed by atoms with Crippen molar-refractivity contribution in [2.24, 2.45) is 7.05 Å². The van der Waals surface area contributed by atoms with Crippen LogP contribution in [0.2, 0.25) is 10.0 Å². The molecule has 0 aliphatic carbocycles. The fourth-order valence-corrected chi connectivity index (χ4v) is 2.75. The summed E-state index contributed by atoms with van der Waals surface area (Å²) in [4.78, 5) is 4.69. The van der Waals surface area contributed by atoms with Gasteiger partial charge >= 0.3 is 0 Å². The molecule has 1 aromatic heterocycles. The number of hydrogen-bond donors (Lipinski definition) is 1. The number of nitrogens with one attached hydrogen (secondary N) is 1. The van der Waals surface area contributed by atoms with Gasteiger partial charge in [0, 0.05) is 12.7 Å². The molecule has 108 valence electrons. The minimum atomic E-state index is 0.0552. The van der Waals surface area contributed by atoms with Crippen LogP contribution in [-0.2, 0) is 7.05 Å². The number of imidazole rings is 1. The normalized spacial score (nSPS) is 12.6. The summed E-state index contributed by atoms with van der Waals surface area (Å²) >= 11 is 12.0. The topological polar surface area (TPSA) is 29.9 Å². The van der Waals surface area contributed by atoms with E-state index in [-0.39, 0.29) is 6.04 Å². The van der Waals surface area contributed by atoms with Crippen LogP contribution in [0.25, 0.3) is 11.0 Å². The van der Waals surface area contributed by atoms with Crippen molar-refractivity contribution < 1.29 is 0 Å². The lowest BCUT2D eigenvalue weighted by molar-refractivity contribution is 0.734. The second kappa shape index (κ2) is 5.58. The first kappa shape index (κ1) is 14.2. The molecule has 2 aromatic carbocycles. The van der Waals surface area contributed by atoms with Gasteiger partial charge in [0.15, 0.2) is 0 Å². The summed E-state index contributed by atoms with van der Waals surface area (Å²) in [7, 11) is 2.03. The van der Waals surface area contributed by atoms with Gasteiger partial charge in [0.1, 0.15) is 5.82 Å². The first-order chi connectivity index (χ1) is 10.1. The molecule has 0 fully saturated rings. The smallest absolute Gasteiger partial charge is 0.131 e. The van der Waals surface area contributed by atoms with Crippen LogP contribution < -0.4 is 5.32 Å². The maximum absolute atomic E-state index is 6.05. The molecule has 0 spiro atoms. The average molecular weight is 320 g/mol. The van der Waals surface area contributed by atoms with Crippen LogP contribution in [0.15, 0.2) is 42.5 Å². The van der Waals surface area contributed by atoms with Gasteiger partial charge in [-0.2, -0.15) is 0 Å². The van der Waals surface area contributed by atoms with E-state index in [1.54, 1.807) is 6.07 Å². The molecule has 3 nitrogen and oxygen atoms in total. The van der Waals surface area contributed by atoms with Gasteiger partial charge in [-0.15, -0.1) is 0 Å². The zero-order valence-corrected chi connectivity index (χ0v) is 13.3. The van der Waals surface area contributed by atoms with Crippen LogP contribution in [0.4, 0.5) is 5.69 Å². The Morgan fingerprint density at radius 1 is 1.10 bits per heavy atom. The third-order valence-electron chi connectivity index (χ3n) is 3.51. The highest BCUT2D eigenvalue weighted by molar-refractivity contribution is 6.42. The molecule has 0 aliphatic heterocycles. The highest BCUT2D eigenvalue weighted by Crippen LogP contribution is 2.28. The number of fused-ring (bicyclic) bond motifs is 1. The summed E-state index contributed by atoms with van der Waals surface area (Å²) in [5.41, 5.74) is 3.04. The van der Waals surface area contributed by atoms with Crippen LogP contribution in [0.1, 0.15) is 18.8 Å². The summed E-state index contributed by atoms with van der Waals surface area (Å²) in [6.45, 7) is 2.07. The molecular formula is C16H15Cl2N3. The number of nitrogens with zero attached hydrogens (tertiary/aromatic N) is 2. The minimum absolute atomic E-state index is 0.0552. The summed E-state index contributed by atoms with van der Waals surface area (Å²) in [5.74, 6) is 0.974. The van der Waals surface area contributed by atoms with E-state index in [2.05, 4.69) is 27.9 Å². The van der Waals surface area contributed by atoms with Crippen molar-refractivity contribution in [2.45, 2.75) is 13.0 Å². The molecule has 21 heavy (non-hydrogen) atoms. The molecule has 0 saturated heterocycles. The monoisotopic (exact) mass is 319 g/mol. The van der Waals surface area contributed by atoms with Gasteiger partial charge in [0.2, 0.25) is 0 Å². The Morgan fingerprint density at radius 3 is 2.57 bits per heavy atom. The van der Waals surface area contributed by atoms with Crippen molar-refractivity contribution >= 4 is 39.9 Å². The van der Waals surface area contributed by atoms with Crippen molar-refractivity contribution in [1.29, 1.82) is 0 Å². The molecule has 3 aromatic rings. The first-order valence-electron chi connectivity index (χ1n) is 6.69. The number of para-hydroxylation sites is 2. The van der Waals surface area contributed by atoms with Gasteiger partial charge in [0.05, 0.1) is 27.1 Å². The Bertz CT molecular complexity index is 795. The Labute approximate surface area is 133 Å². The molecule has 1 atom stereocenters. The first-order valence-corrected chi connectivity index (χ1v) is 7.45. The van der Waals surface area contributed by atoms with Crippen LogP contribution in [0.3, 0.4) is 0 Å². The van der Waals surface area contributed by atoms with E-state index in [4.69, 9.17) is 23.2 Å². The van der Waals surface area contributed by atoms with Gasteiger partial charge in [0.25, 0.3) is 0 Å². The standard InChI is InChI=1S/C16H15Cl2N3/c1-10(19-11-7-8-12(17)13(18)9-11)16-20-14-5-3-4-6-15(14)21(16)2/h3-10,19H,1-2H3. The number of rotatable bonds is 3. The average Bonchev–Trinajstić information content (AvgIpc) is 2.81. The number of halogens is 2. The fourth-order valence-electron chi connectivity index (χ4n) is 2.45. The number of aromatic nitrogens is 2. The predicted molar refractivity (Wildman–Crippen MR) is 89.2 cm³/mol. The van der Waals surface area contributed by atoms with Crippen molar-refractivity contribution in [3.8, 4) is 0 Å². The molecule has 0 aliphatic rings. The highest BCUT2D eigenvalue weighted by atomic mass is 35.5. The molecule has 5 heteroatoms. The van der Waals surface area contributed by atoms with Crippen molar-refractivity contribution in [3.05, 3.63) is 58.3 Å². The van der Waals surface area contributed by atoms with Crippen LogP contribution >= 0.6 is 23.2 Å². The quantitative estimate of drug-likeness (QED) is 0.731. The van der Waals surface area contributed by atoms with Crippen LogP contribution in [0.5, 0.6) is 0 Å². The molecule has 1 unspecified atom stereocenters. The lowest BCUT2D eigenvalue weighted by Crippen LogP contribution is -2.12. The van der Waals surface area contributed by atoms with E-state index < -0.39 is 0 Å². The number of aryl methyl sites for hydroxylation is 1. The Morgan fingerprint density at radius 2 is 1.86 bits per heavy atom. The lowest BCUT2D eigenvalue weighted by Gasteiger charge is -2.15. The van der Waals surface area contributed by atoms with Gasteiger partial charge in [-0.25, -0.2) is 4.98 Å². The van der Waals surface area contributed by atoms with E-state index in [1.165, 1.54) is 0 Å². The van der Waals surface area contributed by atoms with E-state index in [0.29, 0.717) is 10.0 Å². The molecule has 1 N–H and O–H groups in total. The highest BCUT2D eigenvalue weighted by Gasteiger charge is 2.14. The summed E-state index contributed by atoms with van der Waals surface area (Å²) < 4.78 is 2.10. The SMILES string of the molecule is CC(Nc1ccc(Cl)c(Cl)c1)c1nc2ccccc2n1C. The minimum Gasteiger partial charge on any atom is -0.375 e. The molecule has 3 rings (SSSR count). The van der Waals surface area contributed by atoms with Gasteiger partial charge in [-0.1, -0.05) is 35.3 Å². The van der Waals surface area contributed by atoms with Gasteiger partial charge in [-0.3, -0.25) is 0 Å². The Kier molecular flexibility index (Phi) is 3.79. The molecule has 0 radical (unpaired) electrons. The lowest BCUT2D eigenvalue weighted by atomic mass is 10.2. The number of benzene rings is 2. The summed E-state index contributed by atoms with van der Waals surface area (Å²) in [5, 5.41) is 4.50. The van der Waals surface area contributed by atoms with E-state index in [1.807, 2.05) is 37.4 Å². The third-order valence-corrected chi connectivity index (χ3v) is 4.25. The van der Waals surface area contributed by atoms with Crippen LogP contribution in [0, 0.1) is 0 Å². The maximum Gasteiger partial charge on any atom is 0.131 e. The Hall–Kier alpha value is -1.71. The largest absolute Gasteiger partial charge is 0.375 e. The van der Waals surface area contributed by atoms with E-state index in [0.717, 1.165) is 22.5 Å². The molecule has 0 saturated carbocycles. The fraction of sp³-hybridized carbons (Fsp3) is 0.188. The number of anilines is 1. The number of hydrogen-bond acceptors (Lipinski definition) is 2. The van der Waals surface area contributed by atoms with Gasteiger partial charge in [-0.05, 0) is 37.3 Å². The third kappa shape index (κ3) is 2.71. The summed E-state index contributed by atoms with van der Waals surface area (Å²) in [6, 6.07) is 13.7. The molecule has 0 amide bonds. The van der Waals surface area contributed by atoms with Crippen molar-refractivity contribution in [1.82, 2.24) is 9.55 Å². The van der Waals surface area contributed by atoms with Crippen molar-refractivity contribution in [2.75, 3.05) is 5.32 Å². The van der Waals surface area contributed by atoms with E-state index in [9.17, 15) is 0 Å². The predicted octanol–water partition coefficient (Wildman–Crippen LogP) is 5.05. The molecule has 1 heterocycles. The molecular weight excluding hydrogens is 305 g/mol. The van der Waals surface area contributed by atoms with Gasteiger partial charge < -0.3 is 9.88 Å². The molecule has 0 bridgehead atoms. The van der Waals surface area contributed by atoms with Crippen LogP contribution in [-0.4, -0.2) is 9.55 Å². The summed E-state index contributed by atoms with van der Waals surface area (Å²) in [6.07, 6.45) is 0. The second-order valence-electron chi connectivity index (χ2n) is 5.01. The Balaban J connectivity index is 1.91. The van der Waals surface area contributed by atoms with E-state index >= 15 is 0 Å². The maximum atomic E-state index is 6.05. The zero-order chi connectivity index (χ0) is 15.0. The van der Waals surface area contributed by atoms with Crippen molar-refractivity contribution in [3.63, 3.8) is 0 Å².